The van der Waals surface area contributed by atoms with Gasteiger partial charge in [0.1, 0.15) is 12.6 Å². The van der Waals surface area contributed by atoms with Gasteiger partial charge in [-0.15, -0.1) is 0 Å². The van der Waals surface area contributed by atoms with Crippen molar-refractivity contribution in [3.63, 3.8) is 0 Å². The SMILES string of the molecule is CCS(=O)(=O)N(CC(=O)N(Cc1cccc(Cl)c1)[C@H](C)C(=O)NC)c1ccc2c(c1)OCO2. The Morgan fingerprint density at radius 1 is 1.15 bits per heavy atom. The van der Waals surface area contributed by atoms with Crippen molar-refractivity contribution in [2.24, 2.45) is 0 Å². The lowest BCUT2D eigenvalue weighted by Gasteiger charge is -2.31. The minimum atomic E-state index is -3.82. The normalized spacial score (nSPS) is 13.3. The Bertz CT molecular complexity index is 1140. The molecule has 0 unspecified atom stereocenters. The van der Waals surface area contributed by atoms with Crippen LogP contribution in [-0.2, 0) is 26.2 Å². The van der Waals surface area contributed by atoms with E-state index in [4.69, 9.17) is 21.1 Å². The van der Waals surface area contributed by atoms with Gasteiger partial charge in [0.05, 0.1) is 11.4 Å². The number of nitrogens with zero attached hydrogens (tertiary/aromatic N) is 2. The van der Waals surface area contributed by atoms with Crippen LogP contribution in [0.4, 0.5) is 5.69 Å². The van der Waals surface area contributed by atoms with E-state index in [9.17, 15) is 18.0 Å². The van der Waals surface area contributed by atoms with Crippen LogP contribution in [0.25, 0.3) is 0 Å². The summed E-state index contributed by atoms with van der Waals surface area (Å²) in [5.74, 6) is -0.242. The second kappa shape index (κ2) is 10.3. The van der Waals surface area contributed by atoms with Gasteiger partial charge in [-0.2, -0.15) is 0 Å². The predicted octanol–water partition coefficient (Wildman–Crippen LogP) is 2.39. The molecule has 0 spiro atoms. The Morgan fingerprint density at radius 3 is 2.55 bits per heavy atom. The second-order valence-electron chi connectivity index (χ2n) is 7.39. The topological polar surface area (TPSA) is 105 Å². The van der Waals surface area contributed by atoms with Gasteiger partial charge in [-0.3, -0.25) is 13.9 Å². The number of hydrogen-bond donors (Lipinski definition) is 1. The highest BCUT2D eigenvalue weighted by atomic mass is 35.5. The van der Waals surface area contributed by atoms with Gasteiger partial charge in [0, 0.05) is 24.7 Å². The molecule has 0 fully saturated rings. The van der Waals surface area contributed by atoms with Crippen molar-refractivity contribution in [2.75, 3.05) is 30.4 Å². The molecule has 2 aromatic carbocycles. The Balaban J connectivity index is 1.94. The summed E-state index contributed by atoms with van der Waals surface area (Å²) in [5.41, 5.74) is 0.976. The van der Waals surface area contributed by atoms with Crippen LogP contribution < -0.4 is 19.1 Å². The molecule has 2 amide bonds. The number of ether oxygens (including phenoxy) is 2. The van der Waals surface area contributed by atoms with E-state index in [1.807, 2.05) is 0 Å². The number of halogens is 1. The molecule has 1 N–H and O–H groups in total. The van der Waals surface area contributed by atoms with Gasteiger partial charge in [0.2, 0.25) is 28.6 Å². The van der Waals surface area contributed by atoms with Crippen LogP contribution >= 0.6 is 11.6 Å². The first-order valence-electron chi connectivity index (χ1n) is 10.3. The average Bonchev–Trinajstić information content (AvgIpc) is 3.27. The molecule has 0 aromatic heterocycles. The minimum absolute atomic E-state index is 0.0370. The van der Waals surface area contributed by atoms with E-state index in [0.29, 0.717) is 22.1 Å². The van der Waals surface area contributed by atoms with Crippen molar-refractivity contribution >= 4 is 39.1 Å². The quantitative estimate of drug-likeness (QED) is 0.572. The number of sulfonamides is 1. The molecule has 11 heteroatoms. The van der Waals surface area contributed by atoms with E-state index in [1.54, 1.807) is 43.3 Å². The number of fused-ring (bicyclic) bond motifs is 1. The lowest BCUT2D eigenvalue weighted by atomic mass is 10.1. The van der Waals surface area contributed by atoms with E-state index in [0.717, 1.165) is 4.31 Å². The Hall–Kier alpha value is -2.98. The van der Waals surface area contributed by atoms with Crippen molar-refractivity contribution in [3.05, 3.63) is 53.1 Å². The molecule has 3 rings (SSSR count). The first-order chi connectivity index (χ1) is 15.7. The fourth-order valence-corrected chi connectivity index (χ4v) is 4.65. The van der Waals surface area contributed by atoms with E-state index in [1.165, 1.54) is 24.9 Å². The highest BCUT2D eigenvalue weighted by Crippen LogP contribution is 2.36. The summed E-state index contributed by atoms with van der Waals surface area (Å²) in [4.78, 5) is 27.1. The summed E-state index contributed by atoms with van der Waals surface area (Å²) in [6.07, 6.45) is 0. The van der Waals surface area contributed by atoms with E-state index >= 15 is 0 Å². The zero-order valence-corrected chi connectivity index (χ0v) is 20.1. The Labute approximate surface area is 198 Å². The number of anilines is 1. The van der Waals surface area contributed by atoms with Gasteiger partial charge in [-0.1, -0.05) is 23.7 Å². The molecule has 2 aromatic rings. The van der Waals surface area contributed by atoms with Gasteiger partial charge in [0.15, 0.2) is 11.5 Å². The molecule has 9 nitrogen and oxygen atoms in total. The molecule has 1 aliphatic heterocycles. The largest absolute Gasteiger partial charge is 0.454 e. The number of carbonyl (C=O) groups excluding carboxylic acids is 2. The van der Waals surface area contributed by atoms with Gasteiger partial charge in [-0.05, 0) is 43.7 Å². The maximum absolute atomic E-state index is 13.4. The summed E-state index contributed by atoms with van der Waals surface area (Å²) < 4.78 is 37.5. The predicted molar refractivity (Wildman–Crippen MR) is 125 cm³/mol. The number of nitrogens with one attached hydrogen (secondary N) is 1. The fourth-order valence-electron chi connectivity index (χ4n) is 3.38. The summed E-state index contributed by atoms with van der Waals surface area (Å²) in [5, 5.41) is 3.02. The van der Waals surface area contributed by atoms with Crippen LogP contribution in [0.5, 0.6) is 11.5 Å². The first kappa shape index (κ1) is 24.7. The zero-order chi connectivity index (χ0) is 24.2. The maximum Gasteiger partial charge on any atom is 0.244 e. The number of amides is 2. The van der Waals surface area contributed by atoms with Crippen LogP contribution in [0.1, 0.15) is 19.4 Å². The van der Waals surface area contributed by atoms with Gasteiger partial charge in [-0.25, -0.2) is 8.42 Å². The zero-order valence-electron chi connectivity index (χ0n) is 18.6. The van der Waals surface area contributed by atoms with Crippen molar-refractivity contribution in [1.82, 2.24) is 10.2 Å². The Kier molecular flexibility index (Phi) is 7.70. The summed E-state index contributed by atoms with van der Waals surface area (Å²) in [6.45, 7) is 2.71. The third kappa shape index (κ3) is 5.69. The van der Waals surface area contributed by atoms with Crippen molar-refractivity contribution in [1.29, 1.82) is 0 Å². The lowest BCUT2D eigenvalue weighted by Crippen LogP contribution is -2.50. The second-order valence-corrected chi connectivity index (χ2v) is 10.0. The van der Waals surface area contributed by atoms with E-state index < -0.39 is 28.5 Å². The highest BCUT2D eigenvalue weighted by molar-refractivity contribution is 7.92. The molecule has 178 valence electrons. The van der Waals surface area contributed by atoms with Crippen molar-refractivity contribution < 1.29 is 27.5 Å². The third-order valence-corrected chi connectivity index (χ3v) is 7.26. The van der Waals surface area contributed by atoms with Crippen LogP contribution in [0, 0.1) is 0 Å². The van der Waals surface area contributed by atoms with E-state index in [2.05, 4.69) is 5.32 Å². The smallest absolute Gasteiger partial charge is 0.244 e. The summed E-state index contributed by atoms with van der Waals surface area (Å²) >= 11 is 6.07. The van der Waals surface area contributed by atoms with Crippen LogP contribution in [0.2, 0.25) is 5.02 Å². The molecule has 1 atom stereocenters. The van der Waals surface area contributed by atoms with Crippen molar-refractivity contribution in [2.45, 2.75) is 26.4 Å². The molecule has 0 saturated carbocycles. The lowest BCUT2D eigenvalue weighted by molar-refractivity contribution is -0.139. The highest BCUT2D eigenvalue weighted by Gasteiger charge is 2.31. The molecule has 1 aliphatic rings. The van der Waals surface area contributed by atoms with Gasteiger partial charge >= 0.3 is 0 Å². The number of likely N-dealkylation sites (N-methyl/N-ethyl adjacent to an activating group) is 1. The van der Waals surface area contributed by atoms with Gasteiger partial charge in [0.25, 0.3) is 0 Å². The molecule has 0 aliphatic carbocycles. The molecule has 33 heavy (non-hydrogen) atoms. The third-order valence-electron chi connectivity index (χ3n) is 5.28. The molecule has 0 bridgehead atoms. The number of rotatable bonds is 9. The van der Waals surface area contributed by atoms with E-state index in [-0.39, 0.29) is 30.7 Å². The minimum Gasteiger partial charge on any atom is -0.454 e. The van der Waals surface area contributed by atoms with Crippen LogP contribution in [0.3, 0.4) is 0 Å². The molecular formula is C22H26ClN3O6S. The number of hydrogen-bond acceptors (Lipinski definition) is 6. The maximum atomic E-state index is 13.4. The average molecular weight is 496 g/mol. The summed E-state index contributed by atoms with van der Waals surface area (Å²) in [7, 11) is -2.35. The Morgan fingerprint density at radius 2 is 1.88 bits per heavy atom. The first-order valence-corrected chi connectivity index (χ1v) is 12.3. The van der Waals surface area contributed by atoms with Crippen molar-refractivity contribution in [3.8, 4) is 11.5 Å². The fraction of sp³-hybridized carbons (Fsp3) is 0.364. The number of benzene rings is 2. The monoisotopic (exact) mass is 495 g/mol. The standard InChI is InChI=1S/C22H26ClN3O6S/c1-4-33(29,30)26(18-8-9-19-20(11-18)32-14-31-19)13-21(27)25(15(2)22(28)24-3)12-16-6-5-7-17(23)10-16/h5-11,15H,4,12-14H2,1-3H3,(H,24,28)/t15-/m1/s1. The molecule has 1 heterocycles. The molecular weight excluding hydrogens is 470 g/mol. The molecule has 0 saturated heterocycles. The summed E-state index contributed by atoms with van der Waals surface area (Å²) in [6, 6.07) is 10.7. The van der Waals surface area contributed by atoms with Crippen LogP contribution in [0.15, 0.2) is 42.5 Å². The van der Waals surface area contributed by atoms with Gasteiger partial charge < -0.3 is 19.7 Å². The number of carbonyl (C=O) groups is 2. The molecule has 0 radical (unpaired) electrons. The van der Waals surface area contributed by atoms with Crippen LogP contribution in [-0.4, -0.2) is 57.3 Å².